The third-order valence-electron chi connectivity index (χ3n) is 3.68. The Bertz CT molecular complexity index is 812. The Labute approximate surface area is 142 Å². The van der Waals surface area contributed by atoms with Crippen LogP contribution in [0.3, 0.4) is 0 Å². The van der Waals surface area contributed by atoms with Gasteiger partial charge in [0.1, 0.15) is 15.7 Å². The Morgan fingerprint density at radius 3 is 2.83 bits per heavy atom. The molecule has 3 rings (SSSR count). The molecule has 1 atom stereocenters. The molecule has 0 unspecified atom stereocenters. The van der Waals surface area contributed by atoms with Crippen LogP contribution in [0, 0.1) is 12.8 Å². The normalized spacial score (nSPS) is 18.7. The Kier molecular flexibility index (Phi) is 4.25. The maximum absolute atomic E-state index is 11.6. The van der Waals surface area contributed by atoms with E-state index in [9.17, 15) is 9.59 Å². The van der Waals surface area contributed by atoms with Gasteiger partial charge < -0.3 is 13.9 Å². The summed E-state index contributed by atoms with van der Waals surface area (Å²) in [5, 5.41) is 0.814. The standard InChI is InChI=1S/C16H14Cl2O5/c1-9-4-14(19)23-13-5-11(2-3-12(9)13)21-8-15(20)22-7-10-6-16(10,17)18/h2-5,10H,6-8H2,1H3/t10-/m1/s1. The van der Waals surface area contributed by atoms with E-state index in [1.165, 1.54) is 6.07 Å². The third kappa shape index (κ3) is 3.79. The lowest BCUT2D eigenvalue weighted by atomic mass is 10.1. The summed E-state index contributed by atoms with van der Waals surface area (Å²) in [6.45, 7) is 1.76. The minimum Gasteiger partial charge on any atom is -0.482 e. The second-order valence-corrected chi connectivity index (χ2v) is 7.08. The molecule has 1 heterocycles. The molecule has 7 heteroatoms. The molecule has 1 fully saturated rings. The summed E-state index contributed by atoms with van der Waals surface area (Å²) in [5.41, 5.74) is 0.798. The molecule has 0 radical (unpaired) electrons. The highest BCUT2D eigenvalue weighted by Gasteiger charge is 2.52. The molecule has 1 aromatic carbocycles. The highest BCUT2D eigenvalue weighted by Crippen LogP contribution is 2.53. The molecular formula is C16H14Cl2O5. The highest BCUT2D eigenvalue weighted by atomic mass is 35.5. The summed E-state index contributed by atoms with van der Waals surface area (Å²) in [4.78, 5) is 23.0. The summed E-state index contributed by atoms with van der Waals surface area (Å²) in [7, 11) is 0. The van der Waals surface area contributed by atoms with Crippen LogP contribution in [0.2, 0.25) is 0 Å². The van der Waals surface area contributed by atoms with Gasteiger partial charge in [0.25, 0.3) is 0 Å². The fraction of sp³-hybridized carbons (Fsp3) is 0.375. The lowest BCUT2D eigenvalue weighted by Crippen LogP contribution is -2.17. The predicted molar refractivity (Wildman–Crippen MR) is 86.2 cm³/mol. The van der Waals surface area contributed by atoms with Crippen LogP contribution in [-0.4, -0.2) is 23.5 Å². The number of hydrogen-bond acceptors (Lipinski definition) is 5. The topological polar surface area (TPSA) is 65.7 Å². The van der Waals surface area contributed by atoms with Crippen LogP contribution in [0.25, 0.3) is 11.0 Å². The van der Waals surface area contributed by atoms with Gasteiger partial charge in [-0.1, -0.05) is 0 Å². The summed E-state index contributed by atoms with van der Waals surface area (Å²) >= 11 is 11.7. The van der Waals surface area contributed by atoms with Crippen molar-refractivity contribution in [2.45, 2.75) is 17.7 Å². The number of alkyl halides is 2. The molecule has 0 N–H and O–H groups in total. The first-order valence-corrected chi connectivity index (χ1v) is 7.81. The van der Waals surface area contributed by atoms with Crippen LogP contribution >= 0.6 is 23.2 Å². The van der Waals surface area contributed by atoms with Crippen LogP contribution < -0.4 is 10.4 Å². The molecule has 0 amide bonds. The molecule has 1 aromatic heterocycles. The number of esters is 1. The van der Waals surface area contributed by atoms with E-state index >= 15 is 0 Å². The largest absolute Gasteiger partial charge is 0.482 e. The number of carbonyl (C=O) groups is 1. The zero-order valence-electron chi connectivity index (χ0n) is 12.3. The fourth-order valence-electron chi connectivity index (χ4n) is 2.22. The van der Waals surface area contributed by atoms with Gasteiger partial charge in [-0.25, -0.2) is 9.59 Å². The lowest BCUT2D eigenvalue weighted by Gasteiger charge is -2.08. The maximum atomic E-state index is 11.6. The summed E-state index contributed by atoms with van der Waals surface area (Å²) in [6.07, 6.45) is 0.618. The van der Waals surface area contributed by atoms with Gasteiger partial charge in [0.15, 0.2) is 6.61 Å². The predicted octanol–water partition coefficient (Wildman–Crippen LogP) is 3.22. The number of fused-ring (bicyclic) bond motifs is 1. The lowest BCUT2D eigenvalue weighted by molar-refractivity contribution is -0.146. The van der Waals surface area contributed by atoms with E-state index in [0.717, 1.165) is 10.9 Å². The quantitative estimate of drug-likeness (QED) is 0.467. The number of benzene rings is 1. The second kappa shape index (κ2) is 6.06. The fourth-order valence-corrected chi connectivity index (χ4v) is 2.72. The zero-order valence-corrected chi connectivity index (χ0v) is 13.8. The first-order valence-electron chi connectivity index (χ1n) is 7.06. The smallest absolute Gasteiger partial charge is 0.344 e. The van der Waals surface area contributed by atoms with E-state index in [1.54, 1.807) is 18.2 Å². The van der Waals surface area contributed by atoms with E-state index < -0.39 is 15.9 Å². The molecule has 1 aliphatic rings. The van der Waals surface area contributed by atoms with Crippen LogP contribution in [-0.2, 0) is 9.53 Å². The summed E-state index contributed by atoms with van der Waals surface area (Å²) in [6, 6.07) is 6.46. The van der Waals surface area contributed by atoms with Gasteiger partial charge in [0.2, 0.25) is 0 Å². The Hall–Kier alpha value is -1.72. The molecular weight excluding hydrogens is 343 g/mol. The Morgan fingerprint density at radius 1 is 1.39 bits per heavy atom. The Balaban J connectivity index is 1.58. The van der Waals surface area contributed by atoms with E-state index in [-0.39, 0.29) is 19.1 Å². The Morgan fingerprint density at radius 2 is 2.13 bits per heavy atom. The van der Waals surface area contributed by atoms with Crippen molar-refractivity contribution in [3.63, 3.8) is 0 Å². The number of aryl methyl sites for hydroxylation is 1. The first-order chi connectivity index (χ1) is 10.8. The summed E-state index contributed by atoms with van der Waals surface area (Å²) in [5.74, 6) is -0.113. The third-order valence-corrected chi connectivity index (χ3v) is 4.61. The first kappa shape index (κ1) is 16.1. The molecule has 0 spiro atoms. The van der Waals surface area contributed by atoms with E-state index in [0.29, 0.717) is 17.8 Å². The van der Waals surface area contributed by atoms with Crippen molar-refractivity contribution in [3.8, 4) is 5.75 Å². The number of rotatable bonds is 5. The van der Waals surface area contributed by atoms with Gasteiger partial charge in [-0.05, 0) is 31.0 Å². The molecule has 122 valence electrons. The number of ether oxygens (including phenoxy) is 2. The molecule has 5 nitrogen and oxygen atoms in total. The van der Waals surface area contributed by atoms with Gasteiger partial charge in [-0.3, -0.25) is 0 Å². The number of halogens is 2. The van der Waals surface area contributed by atoms with Gasteiger partial charge in [0, 0.05) is 23.4 Å². The average Bonchev–Trinajstić information content (AvgIpc) is 3.09. The molecule has 1 saturated carbocycles. The van der Waals surface area contributed by atoms with Gasteiger partial charge >= 0.3 is 11.6 Å². The number of hydrogen-bond donors (Lipinski definition) is 0. The van der Waals surface area contributed by atoms with Crippen molar-refractivity contribution in [3.05, 3.63) is 40.2 Å². The van der Waals surface area contributed by atoms with Crippen molar-refractivity contribution in [2.75, 3.05) is 13.2 Å². The summed E-state index contributed by atoms with van der Waals surface area (Å²) < 4.78 is 14.8. The molecule has 23 heavy (non-hydrogen) atoms. The molecule has 1 aliphatic carbocycles. The van der Waals surface area contributed by atoms with Crippen molar-refractivity contribution in [2.24, 2.45) is 5.92 Å². The van der Waals surface area contributed by atoms with Crippen molar-refractivity contribution in [1.29, 1.82) is 0 Å². The van der Waals surface area contributed by atoms with E-state index in [1.807, 2.05) is 6.92 Å². The monoisotopic (exact) mass is 356 g/mol. The minimum absolute atomic E-state index is 0.0206. The molecule has 2 aromatic rings. The van der Waals surface area contributed by atoms with Crippen LogP contribution in [0.4, 0.5) is 0 Å². The van der Waals surface area contributed by atoms with Gasteiger partial charge in [-0.2, -0.15) is 0 Å². The molecule has 0 aliphatic heterocycles. The second-order valence-electron chi connectivity index (χ2n) is 5.54. The van der Waals surface area contributed by atoms with E-state index in [2.05, 4.69) is 0 Å². The van der Waals surface area contributed by atoms with Crippen LogP contribution in [0.5, 0.6) is 5.75 Å². The van der Waals surface area contributed by atoms with Crippen LogP contribution in [0.15, 0.2) is 33.5 Å². The highest BCUT2D eigenvalue weighted by molar-refractivity contribution is 6.50. The minimum atomic E-state index is -0.769. The molecule has 0 bridgehead atoms. The SMILES string of the molecule is Cc1cc(=O)oc2cc(OCC(=O)OC[C@H]3CC3(Cl)Cl)ccc12. The van der Waals surface area contributed by atoms with Crippen molar-refractivity contribution < 1.29 is 18.7 Å². The number of carbonyl (C=O) groups excluding carboxylic acids is 1. The van der Waals surface area contributed by atoms with Gasteiger partial charge in [-0.15, -0.1) is 23.2 Å². The van der Waals surface area contributed by atoms with Crippen LogP contribution in [0.1, 0.15) is 12.0 Å². The van der Waals surface area contributed by atoms with Gasteiger partial charge in [0.05, 0.1) is 6.61 Å². The maximum Gasteiger partial charge on any atom is 0.344 e. The van der Waals surface area contributed by atoms with E-state index in [4.69, 9.17) is 37.1 Å². The molecule has 0 saturated heterocycles. The van der Waals surface area contributed by atoms with Crippen molar-refractivity contribution in [1.82, 2.24) is 0 Å². The average molecular weight is 357 g/mol. The zero-order chi connectivity index (χ0) is 16.6. The van der Waals surface area contributed by atoms with Crippen molar-refractivity contribution >= 4 is 40.1 Å².